The van der Waals surface area contributed by atoms with Gasteiger partial charge in [-0.05, 0) is 23.3 Å². The summed E-state index contributed by atoms with van der Waals surface area (Å²) in [6.45, 7) is 0. The fraction of sp³-hybridized carbons (Fsp3) is 0.111. The van der Waals surface area contributed by atoms with E-state index in [2.05, 4.69) is 14.8 Å². The molecule has 0 aliphatic carbocycles. The highest BCUT2D eigenvalue weighted by atomic mass is 19.1. The molecule has 2 aromatic rings. The van der Waals surface area contributed by atoms with Gasteiger partial charge in [0.15, 0.2) is 0 Å². The van der Waals surface area contributed by atoms with Gasteiger partial charge in [-0.3, -0.25) is 0 Å². The Morgan fingerprint density at radius 1 is 1.00 bits per heavy atom. The number of hydrogen-bond acceptors (Lipinski definition) is 5. The van der Waals surface area contributed by atoms with E-state index in [9.17, 15) is 14.0 Å². The summed E-state index contributed by atoms with van der Waals surface area (Å²) in [5.74, 6) is -2.15. The average molecular weight is 329 g/mol. The lowest BCUT2D eigenvalue weighted by Gasteiger charge is -2.11. The fourth-order valence-electron chi connectivity index (χ4n) is 2.00. The van der Waals surface area contributed by atoms with E-state index in [1.54, 1.807) is 6.07 Å². The van der Waals surface area contributed by atoms with Crippen molar-refractivity contribution in [3.63, 3.8) is 0 Å². The van der Waals surface area contributed by atoms with Crippen molar-refractivity contribution in [3.05, 3.63) is 66.1 Å². The normalized spacial score (nSPS) is 10.9. The molecule has 24 heavy (non-hydrogen) atoms. The quantitative estimate of drug-likeness (QED) is 0.674. The number of ether oxygens (including phenoxy) is 2. The van der Waals surface area contributed by atoms with Crippen LogP contribution in [0.1, 0.15) is 0 Å². The number of methoxy groups -OCH3 is 2. The van der Waals surface area contributed by atoms with Gasteiger partial charge in [0, 0.05) is 0 Å². The lowest BCUT2D eigenvalue weighted by atomic mass is 10.1. The minimum absolute atomic E-state index is 0.0373. The van der Waals surface area contributed by atoms with Crippen LogP contribution in [0, 0.1) is 5.82 Å². The molecule has 0 fully saturated rings. The zero-order valence-electron chi connectivity index (χ0n) is 13.2. The highest BCUT2D eigenvalue weighted by Crippen LogP contribution is 2.25. The molecule has 0 spiro atoms. The lowest BCUT2D eigenvalue weighted by Crippen LogP contribution is -2.16. The molecule has 0 amide bonds. The average Bonchev–Trinajstić information content (AvgIpc) is 2.62. The van der Waals surface area contributed by atoms with Gasteiger partial charge in [0.1, 0.15) is 11.5 Å². The number of rotatable bonds is 5. The first-order valence-corrected chi connectivity index (χ1v) is 7.05. The Morgan fingerprint density at radius 2 is 1.71 bits per heavy atom. The van der Waals surface area contributed by atoms with Crippen LogP contribution in [-0.4, -0.2) is 26.2 Å². The van der Waals surface area contributed by atoms with Crippen molar-refractivity contribution < 1.29 is 23.5 Å². The van der Waals surface area contributed by atoms with E-state index in [0.29, 0.717) is 5.56 Å². The zero-order valence-corrected chi connectivity index (χ0v) is 13.2. The van der Waals surface area contributed by atoms with Gasteiger partial charge in [-0.2, -0.15) is 0 Å². The molecule has 0 saturated heterocycles. The molecular weight excluding hydrogens is 313 g/mol. The number of halogens is 1. The van der Waals surface area contributed by atoms with Crippen LogP contribution in [0.4, 0.5) is 10.1 Å². The van der Waals surface area contributed by atoms with Crippen LogP contribution in [-0.2, 0) is 19.1 Å². The number of carbonyl (C=O) groups excluding carboxylic acids is 2. The summed E-state index contributed by atoms with van der Waals surface area (Å²) < 4.78 is 23.4. The molecule has 0 bridgehead atoms. The minimum atomic E-state index is -0.813. The summed E-state index contributed by atoms with van der Waals surface area (Å²) in [5.41, 5.74) is 1.36. The molecule has 124 valence electrons. The van der Waals surface area contributed by atoms with Crippen LogP contribution in [0.2, 0.25) is 0 Å². The van der Waals surface area contributed by atoms with E-state index in [0.717, 1.165) is 18.7 Å². The Labute approximate surface area is 138 Å². The maximum absolute atomic E-state index is 14.3. The second-order valence-corrected chi connectivity index (χ2v) is 4.76. The molecule has 0 heterocycles. The van der Waals surface area contributed by atoms with Gasteiger partial charge in [-0.25, -0.2) is 14.0 Å². The SMILES string of the molecule is COC(=O)/C=C(/Nc1ccc(-c2ccccc2)cc1F)C(=O)OC. The first-order valence-electron chi connectivity index (χ1n) is 7.05. The molecule has 5 nitrogen and oxygen atoms in total. The Hall–Kier alpha value is -3.15. The predicted octanol–water partition coefficient (Wildman–Crippen LogP) is 3.13. The van der Waals surface area contributed by atoms with Gasteiger partial charge < -0.3 is 14.8 Å². The van der Waals surface area contributed by atoms with Gasteiger partial charge in [-0.15, -0.1) is 0 Å². The van der Waals surface area contributed by atoms with Crippen LogP contribution in [0.25, 0.3) is 11.1 Å². The van der Waals surface area contributed by atoms with Crippen LogP contribution in [0.15, 0.2) is 60.3 Å². The molecule has 2 aromatic carbocycles. The number of esters is 2. The molecule has 0 aromatic heterocycles. The van der Waals surface area contributed by atoms with Crippen molar-refractivity contribution in [2.75, 3.05) is 19.5 Å². The topological polar surface area (TPSA) is 64.6 Å². The smallest absolute Gasteiger partial charge is 0.354 e. The van der Waals surface area contributed by atoms with E-state index < -0.39 is 17.8 Å². The number of anilines is 1. The lowest BCUT2D eigenvalue weighted by molar-refractivity contribution is -0.138. The van der Waals surface area contributed by atoms with E-state index in [-0.39, 0.29) is 11.4 Å². The third-order valence-corrected chi connectivity index (χ3v) is 3.21. The van der Waals surface area contributed by atoms with E-state index in [1.807, 2.05) is 30.3 Å². The summed E-state index contributed by atoms with van der Waals surface area (Å²) >= 11 is 0. The first-order chi connectivity index (χ1) is 11.5. The van der Waals surface area contributed by atoms with E-state index >= 15 is 0 Å². The Balaban J connectivity index is 2.30. The Kier molecular flexibility index (Phi) is 5.68. The summed E-state index contributed by atoms with van der Waals surface area (Å²) in [7, 11) is 2.33. The number of hydrogen-bond donors (Lipinski definition) is 1. The first kappa shape index (κ1) is 17.2. The molecule has 0 radical (unpaired) electrons. The number of carbonyl (C=O) groups is 2. The van der Waals surface area contributed by atoms with E-state index in [1.165, 1.54) is 19.2 Å². The Morgan fingerprint density at radius 3 is 2.29 bits per heavy atom. The van der Waals surface area contributed by atoms with Crippen molar-refractivity contribution in [1.29, 1.82) is 0 Å². The zero-order chi connectivity index (χ0) is 17.5. The molecule has 0 saturated carbocycles. The third-order valence-electron chi connectivity index (χ3n) is 3.21. The molecule has 6 heteroatoms. The molecule has 2 rings (SSSR count). The standard InChI is InChI=1S/C18H16FNO4/c1-23-17(21)11-16(18(22)24-2)20-15-9-8-13(10-14(15)19)12-6-4-3-5-7-12/h3-11,20H,1-2H3/b16-11+. The summed E-state index contributed by atoms with van der Waals surface area (Å²) in [6, 6.07) is 13.8. The van der Waals surface area contributed by atoms with Gasteiger partial charge in [0.05, 0.1) is 26.0 Å². The third kappa shape index (κ3) is 4.19. The fourth-order valence-corrected chi connectivity index (χ4v) is 2.00. The van der Waals surface area contributed by atoms with Crippen LogP contribution in [0.3, 0.4) is 0 Å². The minimum Gasteiger partial charge on any atom is -0.466 e. The second kappa shape index (κ2) is 7.92. The van der Waals surface area contributed by atoms with Gasteiger partial charge in [0.25, 0.3) is 0 Å². The summed E-state index contributed by atoms with van der Waals surface area (Å²) in [5, 5.41) is 2.55. The van der Waals surface area contributed by atoms with Gasteiger partial charge >= 0.3 is 11.9 Å². The molecule has 0 atom stereocenters. The molecular formula is C18H16FNO4. The van der Waals surface area contributed by atoms with Crippen molar-refractivity contribution in [1.82, 2.24) is 0 Å². The molecule has 0 aliphatic rings. The second-order valence-electron chi connectivity index (χ2n) is 4.76. The van der Waals surface area contributed by atoms with Crippen molar-refractivity contribution in [3.8, 4) is 11.1 Å². The number of benzene rings is 2. The van der Waals surface area contributed by atoms with Gasteiger partial charge in [-0.1, -0.05) is 36.4 Å². The van der Waals surface area contributed by atoms with Crippen molar-refractivity contribution in [2.45, 2.75) is 0 Å². The highest BCUT2D eigenvalue weighted by Gasteiger charge is 2.15. The summed E-state index contributed by atoms with van der Waals surface area (Å²) in [6.07, 6.45) is 0.899. The van der Waals surface area contributed by atoms with Crippen LogP contribution in [0.5, 0.6) is 0 Å². The van der Waals surface area contributed by atoms with Crippen LogP contribution >= 0.6 is 0 Å². The maximum Gasteiger partial charge on any atom is 0.354 e. The number of nitrogens with one attached hydrogen (secondary N) is 1. The Bertz CT molecular complexity index is 772. The molecule has 0 aliphatic heterocycles. The maximum atomic E-state index is 14.3. The van der Waals surface area contributed by atoms with Crippen molar-refractivity contribution in [2.24, 2.45) is 0 Å². The molecule has 1 N–H and O–H groups in total. The van der Waals surface area contributed by atoms with E-state index in [4.69, 9.17) is 0 Å². The highest BCUT2D eigenvalue weighted by molar-refractivity contribution is 5.98. The van der Waals surface area contributed by atoms with Crippen LogP contribution < -0.4 is 5.32 Å². The summed E-state index contributed by atoms with van der Waals surface area (Å²) in [4.78, 5) is 23.0. The van der Waals surface area contributed by atoms with Gasteiger partial charge in [0.2, 0.25) is 0 Å². The monoisotopic (exact) mass is 329 g/mol. The van der Waals surface area contributed by atoms with Crippen molar-refractivity contribution >= 4 is 17.6 Å². The largest absolute Gasteiger partial charge is 0.466 e. The molecule has 0 unspecified atom stereocenters. The predicted molar refractivity (Wildman–Crippen MR) is 87.6 cm³/mol.